The molecule has 0 aromatic heterocycles. The van der Waals surface area contributed by atoms with Gasteiger partial charge in [0.15, 0.2) is 5.72 Å². The summed E-state index contributed by atoms with van der Waals surface area (Å²) >= 11 is 6.10. The minimum absolute atomic E-state index is 0.167. The average molecular weight is 387 g/mol. The summed E-state index contributed by atoms with van der Waals surface area (Å²) in [6, 6.07) is 11.7. The second kappa shape index (κ2) is 6.46. The molecule has 4 rings (SSSR count). The zero-order chi connectivity index (χ0) is 19.2. The number of urea groups is 1. The molecule has 2 aliphatic rings. The fraction of sp³-hybridized carbons (Fsp3) is 0.300. The van der Waals surface area contributed by atoms with Gasteiger partial charge in [-0.3, -0.25) is 4.90 Å². The number of amides is 2. The molecule has 7 heteroatoms. The second-order valence-electron chi connectivity index (χ2n) is 6.77. The Hall–Kier alpha value is -2.73. The van der Waals surface area contributed by atoms with E-state index in [1.165, 1.54) is 0 Å². The van der Waals surface area contributed by atoms with Crippen LogP contribution in [0.2, 0.25) is 5.02 Å². The molecule has 0 aliphatic carbocycles. The van der Waals surface area contributed by atoms with E-state index in [1.54, 1.807) is 42.2 Å². The van der Waals surface area contributed by atoms with Crippen molar-refractivity contribution in [3.05, 3.63) is 58.6 Å². The summed E-state index contributed by atoms with van der Waals surface area (Å²) in [5.74, 6) is 0.310. The topological polar surface area (TPSA) is 67.9 Å². The van der Waals surface area contributed by atoms with Gasteiger partial charge in [0.2, 0.25) is 0 Å². The van der Waals surface area contributed by atoms with Gasteiger partial charge < -0.3 is 14.8 Å². The molecular formula is C20H19ClN2O4. The number of halogens is 1. The smallest absolute Gasteiger partial charge is 0.338 e. The SMILES string of the molecule is CCOC(=O)c1ccc(N2C(=O)N[C@H]3C[C@]2(C)Oc2ccc(Cl)cc23)cc1. The Balaban J connectivity index is 1.67. The fourth-order valence-electron chi connectivity index (χ4n) is 3.70. The van der Waals surface area contributed by atoms with Crippen molar-refractivity contribution in [2.45, 2.75) is 32.0 Å². The molecule has 2 amide bonds. The molecule has 2 atom stereocenters. The van der Waals surface area contributed by atoms with Crippen molar-refractivity contribution in [1.29, 1.82) is 0 Å². The number of hydrogen-bond acceptors (Lipinski definition) is 4. The highest BCUT2D eigenvalue weighted by Gasteiger charge is 2.49. The van der Waals surface area contributed by atoms with Gasteiger partial charge in [-0.25, -0.2) is 9.59 Å². The molecule has 0 unspecified atom stereocenters. The Morgan fingerprint density at radius 1 is 1.33 bits per heavy atom. The standard InChI is InChI=1S/C20H19ClN2O4/c1-3-26-18(24)12-4-7-14(8-5-12)23-19(25)22-16-11-20(23,2)27-17-9-6-13(21)10-15(16)17/h4-10,16H,3,11H2,1-2H3,(H,22,25)/t16-,20-/m0/s1. The van der Waals surface area contributed by atoms with E-state index in [9.17, 15) is 9.59 Å². The van der Waals surface area contributed by atoms with Gasteiger partial charge in [-0.05, 0) is 56.3 Å². The van der Waals surface area contributed by atoms with Crippen LogP contribution in [0.5, 0.6) is 5.75 Å². The summed E-state index contributed by atoms with van der Waals surface area (Å²) in [6.07, 6.45) is 0.575. The van der Waals surface area contributed by atoms with E-state index in [2.05, 4.69) is 5.32 Å². The zero-order valence-corrected chi connectivity index (χ0v) is 15.7. The number of esters is 1. The van der Waals surface area contributed by atoms with Crippen molar-refractivity contribution in [3.8, 4) is 5.75 Å². The van der Waals surface area contributed by atoms with Gasteiger partial charge in [-0.2, -0.15) is 0 Å². The van der Waals surface area contributed by atoms with E-state index < -0.39 is 11.7 Å². The Morgan fingerprint density at radius 3 is 2.78 bits per heavy atom. The highest BCUT2D eigenvalue weighted by atomic mass is 35.5. The maximum atomic E-state index is 12.8. The van der Waals surface area contributed by atoms with Gasteiger partial charge in [0.25, 0.3) is 0 Å². The van der Waals surface area contributed by atoms with Gasteiger partial charge in [-0.15, -0.1) is 0 Å². The number of nitrogens with one attached hydrogen (secondary N) is 1. The van der Waals surface area contributed by atoms with E-state index in [0.29, 0.717) is 35.1 Å². The molecule has 27 heavy (non-hydrogen) atoms. The normalized spacial score (nSPS) is 23.1. The van der Waals surface area contributed by atoms with Crippen molar-refractivity contribution in [1.82, 2.24) is 5.32 Å². The molecule has 0 spiro atoms. The molecule has 2 bridgehead atoms. The first kappa shape index (κ1) is 17.7. The van der Waals surface area contributed by atoms with Gasteiger partial charge >= 0.3 is 12.0 Å². The van der Waals surface area contributed by atoms with E-state index in [0.717, 1.165) is 5.56 Å². The van der Waals surface area contributed by atoms with Crippen molar-refractivity contribution in [3.63, 3.8) is 0 Å². The lowest BCUT2D eigenvalue weighted by Crippen LogP contribution is -2.65. The lowest BCUT2D eigenvalue weighted by atomic mass is 9.90. The maximum Gasteiger partial charge on any atom is 0.338 e. The van der Waals surface area contributed by atoms with Gasteiger partial charge in [0, 0.05) is 22.7 Å². The van der Waals surface area contributed by atoms with Gasteiger partial charge in [0.05, 0.1) is 18.2 Å². The summed E-state index contributed by atoms with van der Waals surface area (Å²) in [5, 5.41) is 3.62. The first-order valence-corrected chi connectivity index (χ1v) is 9.15. The number of fused-ring (bicyclic) bond motifs is 4. The van der Waals surface area contributed by atoms with Gasteiger partial charge in [-0.1, -0.05) is 11.6 Å². The maximum absolute atomic E-state index is 12.8. The van der Waals surface area contributed by atoms with Crippen molar-refractivity contribution in [2.24, 2.45) is 0 Å². The summed E-state index contributed by atoms with van der Waals surface area (Å²) in [5.41, 5.74) is 1.11. The summed E-state index contributed by atoms with van der Waals surface area (Å²) in [4.78, 5) is 26.3. The van der Waals surface area contributed by atoms with E-state index in [1.807, 2.05) is 19.1 Å². The third-order valence-electron chi connectivity index (χ3n) is 4.87. The number of carbonyl (C=O) groups is 2. The Bertz CT molecular complexity index is 915. The number of benzene rings is 2. The van der Waals surface area contributed by atoms with Crippen LogP contribution in [0.4, 0.5) is 10.5 Å². The van der Waals surface area contributed by atoms with Crippen molar-refractivity contribution >= 4 is 29.3 Å². The van der Waals surface area contributed by atoms with E-state index in [-0.39, 0.29) is 12.1 Å². The number of hydrogen-bond donors (Lipinski definition) is 1. The molecule has 2 heterocycles. The highest BCUT2D eigenvalue weighted by Crippen LogP contribution is 2.46. The first-order chi connectivity index (χ1) is 12.9. The average Bonchev–Trinajstić information content (AvgIpc) is 2.62. The van der Waals surface area contributed by atoms with Crippen LogP contribution in [0, 0.1) is 0 Å². The Morgan fingerprint density at radius 2 is 2.07 bits per heavy atom. The molecule has 1 saturated heterocycles. The molecule has 2 aromatic carbocycles. The highest BCUT2D eigenvalue weighted by molar-refractivity contribution is 6.30. The summed E-state index contributed by atoms with van der Waals surface area (Å²) < 4.78 is 11.2. The van der Waals surface area contributed by atoms with Crippen LogP contribution in [-0.4, -0.2) is 24.3 Å². The van der Waals surface area contributed by atoms with Gasteiger partial charge in [0.1, 0.15) is 5.75 Å². The van der Waals surface area contributed by atoms with Crippen LogP contribution in [0.1, 0.15) is 42.2 Å². The molecule has 6 nitrogen and oxygen atoms in total. The van der Waals surface area contributed by atoms with Crippen LogP contribution in [0.25, 0.3) is 0 Å². The lowest BCUT2D eigenvalue weighted by Gasteiger charge is -2.50. The third kappa shape index (κ3) is 3.00. The van der Waals surface area contributed by atoms with Crippen molar-refractivity contribution in [2.75, 3.05) is 11.5 Å². The number of nitrogens with zero attached hydrogens (tertiary/aromatic N) is 1. The molecule has 2 aliphatic heterocycles. The second-order valence-corrected chi connectivity index (χ2v) is 7.20. The number of rotatable bonds is 3. The van der Waals surface area contributed by atoms with Crippen LogP contribution in [0.3, 0.4) is 0 Å². The zero-order valence-electron chi connectivity index (χ0n) is 15.0. The van der Waals surface area contributed by atoms with Crippen LogP contribution in [-0.2, 0) is 4.74 Å². The molecule has 0 radical (unpaired) electrons. The Kier molecular flexibility index (Phi) is 4.23. The predicted molar refractivity (Wildman–Crippen MR) is 101 cm³/mol. The number of ether oxygens (including phenoxy) is 2. The molecule has 2 aromatic rings. The number of carbonyl (C=O) groups excluding carboxylic acids is 2. The van der Waals surface area contributed by atoms with Crippen LogP contribution >= 0.6 is 11.6 Å². The predicted octanol–water partition coefficient (Wildman–Crippen LogP) is 4.29. The lowest BCUT2D eigenvalue weighted by molar-refractivity contribution is 0.0379. The van der Waals surface area contributed by atoms with Crippen molar-refractivity contribution < 1.29 is 19.1 Å². The summed E-state index contributed by atoms with van der Waals surface area (Å²) in [7, 11) is 0. The molecule has 0 saturated carbocycles. The van der Waals surface area contributed by atoms with Crippen LogP contribution in [0.15, 0.2) is 42.5 Å². The quantitative estimate of drug-likeness (QED) is 0.799. The molecular weight excluding hydrogens is 368 g/mol. The molecule has 1 fully saturated rings. The van der Waals surface area contributed by atoms with E-state index in [4.69, 9.17) is 21.1 Å². The summed E-state index contributed by atoms with van der Waals surface area (Å²) in [6.45, 7) is 3.95. The fourth-order valence-corrected chi connectivity index (χ4v) is 3.88. The largest absolute Gasteiger partial charge is 0.467 e. The Labute approximate surface area is 162 Å². The minimum Gasteiger partial charge on any atom is -0.467 e. The number of anilines is 1. The van der Waals surface area contributed by atoms with E-state index >= 15 is 0 Å². The van der Waals surface area contributed by atoms with Crippen LogP contribution < -0.4 is 15.0 Å². The first-order valence-electron chi connectivity index (χ1n) is 8.77. The minimum atomic E-state index is -0.848. The molecule has 1 N–H and O–H groups in total. The third-order valence-corrected chi connectivity index (χ3v) is 5.11. The molecule has 140 valence electrons. The monoisotopic (exact) mass is 386 g/mol.